The Labute approximate surface area is 108 Å². The summed E-state index contributed by atoms with van der Waals surface area (Å²) in [6, 6.07) is 5.64. The molecule has 1 heterocycles. The van der Waals surface area contributed by atoms with E-state index in [2.05, 4.69) is 10.2 Å². The molecule has 0 saturated heterocycles. The first-order chi connectivity index (χ1) is 8.66. The molecule has 0 fully saturated rings. The lowest BCUT2D eigenvalue weighted by Crippen LogP contribution is -2.27. The van der Waals surface area contributed by atoms with E-state index >= 15 is 0 Å². The van der Waals surface area contributed by atoms with E-state index < -0.39 is 0 Å². The van der Waals surface area contributed by atoms with Gasteiger partial charge in [-0.2, -0.15) is 0 Å². The fourth-order valence-corrected chi connectivity index (χ4v) is 2.03. The van der Waals surface area contributed by atoms with Gasteiger partial charge in [0.1, 0.15) is 5.75 Å². The van der Waals surface area contributed by atoms with Crippen molar-refractivity contribution in [3.63, 3.8) is 0 Å². The zero-order valence-corrected chi connectivity index (χ0v) is 11.0. The molecule has 18 heavy (non-hydrogen) atoms. The minimum atomic E-state index is 0.00320. The Morgan fingerprint density at radius 1 is 1.44 bits per heavy atom. The predicted molar refractivity (Wildman–Crippen MR) is 71.1 cm³/mol. The van der Waals surface area contributed by atoms with Crippen LogP contribution in [0.2, 0.25) is 0 Å². The lowest BCUT2D eigenvalue weighted by Gasteiger charge is -2.10. The fourth-order valence-electron chi connectivity index (χ4n) is 2.03. The molecule has 0 aliphatic carbocycles. The van der Waals surface area contributed by atoms with Crippen LogP contribution in [-0.4, -0.2) is 44.6 Å². The van der Waals surface area contributed by atoms with Gasteiger partial charge in [0.05, 0.1) is 6.61 Å². The first-order valence-electron chi connectivity index (χ1n) is 6.35. The van der Waals surface area contributed by atoms with E-state index in [1.54, 1.807) is 0 Å². The predicted octanol–water partition coefficient (Wildman–Crippen LogP) is 1.30. The average molecular weight is 248 g/mol. The van der Waals surface area contributed by atoms with Crippen LogP contribution in [-0.2, 0) is 6.42 Å². The van der Waals surface area contributed by atoms with E-state index in [0.717, 1.165) is 42.9 Å². The van der Waals surface area contributed by atoms with Crippen LogP contribution in [0.25, 0.3) is 0 Å². The lowest BCUT2D eigenvalue weighted by molar-refractivity contribution is 0.0952. The second-order valence-corrected chi connectivity index (χ2v) is 4.83. The Morgan fingerprint density at radius 3 is 3.06 bits per heavy atom. The van der Waals surface area contributed by atoms with Crippen LogP contribution >= 0.6 is 0 Å². The number of hydrogen-bond acceptors (Lipinski definition) is 3. The van der Waals surface area contributed by atoms with Crippen LogP contribution in [0.15, 0.2) is 18.2 Å². The van der Waals surface area contributed by atoms with Crippen LogP contribution in [0.1, 0.15) is 22.3 Å². The molecule has 0 atom stereocenters. The van der Waals surface area contributed by atoms with E-state index in [9.17, 15) is 4.79 Å². The molecule has 2 rings (SSSR count). The number of carbonyl (C=O) groups is 1. The van der Waals surface area contributed by atoms with Gasteiger partial charge in [0, 0.05) is 18.5 Å². The normalized spacial score (nSPS) is 13.3. The Hall–Kier alpha value is -1.55. The monoisotopic (exact) mass is 248 g/mol. The third-order valence-electron chi connectivity index (χ3n) is 3.02. The second-order valence-electron chi connectivity index (χ2n) is 4.83. The maximum Gasteiger partial charge on any atom is 0.251 e. The molecule has 0 bridgehead atoms. The number of benzene rings is 1. The molecule has 1 aliphatic heterocycles. The van der Waals surface area contributed by atoms with Gasteiger partial charge in [-0.25, -0.2) is 0 Å². The Kier molecular flexibility index (Phi) is 4.20. The van der Waals surface area contributed by atoms with Crippen LogP contribution in [0, 0.1) is 0 Å². The first kappa shape index (κ1) is 12.9. The number of rotatable bonds is 5. The molecule has 0 saturated carbocycles. The quantitative estimate of drug-likeness (QED) is 0.799. The summed E-state index contributed by atoms with van der Waals surface area (Å²) < 4.78 is 5.42. The summed E-state index contributed by atoms with van der Waals surface area (Å²) >= 11 is 0. The highest BCUT2D eigenvalue weighted by molar-refractivity contribution is 5.94. The largest absolute Gasteiger partial charge is 0.493 e. The van der Waals surface area contributed by atoms with Crippen molar-refractivity contribution in [2.45, 2.75) is 12.8 Å². The number of hydrogen-bond donors (Lipinski definition) is 1. The van der Waals surface area contributed by atoms with Crippen molar-refractivity contribution in [3.05, 3.63) is 29.3 Å². The molecule has 4 heteroatoms. The Morgan fingerprint density at radius 2 is 2.28 bits per heavy atom. The van der Waals surface area contributed by atoms with E-state index in [0.29, 0.717) is 6.54 Å². The number of amides is 1. The van der Waals surface area contributed by atoms with Gasteiger partial charge in [-0.15, -0.1) is 0 Å². The van der Waals surface area contributed by atoms with Crippen molar-refractivity contribution in [2.75, 3.05) is 33.8 Å². The van der Waals surface area contributed by atoms with Crippen molar-refractivity contribution in [3.8, 4) is 5.75 Å². The maximum atomic E-state index is 11.9. The third-order valence-corrected chi connectivity index (χ3v) is 3.02. The second kappa shape index (κ2) is 5.87. The zero-order valence-electron chi connectivity index (χ0n) is 11.0. The standard InChI is InChI=1S/C14H20N2O2/c1-16(2)8-3-7-15-14(17)12-4-5-13-11(10-12)6-9-18-13/h4-5,10H,3,6-9H2,1-2H3,(H,15,17). The number of fused-ring (bicyclic) bond motifs is 1. The lowest BCUT2D eigenvalue weighted by atomic mass is 10.1. The molecule has 1 aromatic carbocycles. The highest BCUT2D eigenvalue weighted by atomic mass is 16.5. The van der Waals surface area contributed by atoms with Gasteiger partial charge in [0.25, 0.3) is 5.91 Å². The van der Waals surface area contributed by atoms with E-state index in [4.69, 9.17) is 4.74 Å². The average Bonchev–Trinajstić information content (AvgIpc) is 2.81. The number of carbonyl (C=O) groups excluding carboxylic acids is 1. The molecule has 0 spiro atoms. The molecule has 1 N–H and O–H groups in total. The number of nitrogens with one attached hydrogen (secondary N) is 1. The molecule has 0 unspecified atom stereocenters. The summed E-state index contributed by atoms with van der Waals surface area (Å²) in [7, 11) is 4.06. The minimum absolute atomic E-state index is 0.00320. The minimum Gasteiger partial charge on any atom is -0.493 e. The van der Waals surface area contributed by atoms with Crippen molar-refractivity contribution in [1.82, 2.24) is 10.2 Å². The van der Waals surface area contributed by atoms with Gasteiger partial charge < -0.3 is 15.0 Å². The number of ether oxygens (including phenoxy) is 1. The third kappa shape index (κ3) is 3.23. The van der Waals surface area contributed by atoms with Gasteiger partial charge >= 0.3 is 0 Å². The van der Waals surface area contributed by atoms with E-state index in [1.807, 2.05) is 32.3 Å². The van der Waals surface area contributed by atoms with Gasteiger partial charge in [-0.05, 0) is 50.8 Å². The molecule has 1 aromatic rings. The van der Waals surface area contributed by atoms with Crippen molar-refractivity contribution in [1.29, 1.82) is 0 Å². The molecular formula is C14H20N2O2. The molecule has 4 nitrogen and oxygen atoms in total. The summed E-state index contributed by atoms with van der Waals surface area (Å²) in [5.74, 6) is 0.919. The van der Waals surface area contributed by atoms with Gasteiger partial charge in [-0.3, -0.25) is 4.79 Å². The summed E-state index contributed by atoms with van der Waals surface area (Å²) in [5, 5.41) is 2.94. The Bertz CT molecular complexity index is 430. The highest BCUT2D eigenvalue weighted by Crippen LogP contribution is 2.25. The van der Waals surface area contributed by atoms with Crippen molar-refractivity contribution >= 4 is 5.91 Å². The highest BCUT2D eigenvalue weighted by Gasteiger charge is 2.14. The molecular weight excluding hydrogens is 228 g/mol. The van der Waals surface area contributed by atoms with E-state index in [-0.39, 0.29) is 5.91 Å². The number of nitrogens with zero attached hydrogens (tertiary/aromatic N) is 1. The fraction of sp³-hybridized carbons (Fsp3) is 0.500. The van der Waals surface area contributed by atoms with Gasteiger partial charge in [0.15, 0.2) is 0 Å². The Balaban J connectivity index is 1.85. The van der Waals surface area contributed by atoms with Crippen LogP contribution in [0.3, 0.4) is 0 Å². The summed E-state index contributed by atoms with van der Waals surface area (Å²) in [6.45, 7) is 2.42. The SMILES string of the molecule is CN(C)CCCNC(=O)c1ccc2c(c1)CCO2. The first-order valence-corrected chi connectivity index (χ1v) is 6.35. The molecule has 98 valence electrons. The van der Waals surface area contributed by atoms with E-state index in [1.165, 1.54) is 0 Å². The van der Waals surface area contributed by atoms with Gasteiger partial charge in [-0.1, -0.05) is 0 Å². The van der Waals surface area contributed by atoms with Crippen molar-refractivity contribution < 1.29 is 9.53 Å². The molecule has 1 amide bonds. The summed E-state index contributed by atoms with van der Waals surface area (Å²) in [5.41, 5.74) is 1.86. The van der Waals surface area contributed by atoms with Gasteiger partial charge in [0.2, 0.25) is 0 Å². The molecule has 0 radical (unpaired) electrons. The van der Waals surface area contributed by atoms with Crippen molar-refractivity contribution in [2.24, 2.45) is 0 Å². The van der Waals surface area contributed by atoms with Crippen LogP contribution in [0.4, 0.5) is 0 Å². The van der Waals surface area contributed by atoms with Crippen LogP contribution in [0.5, 0.6) is 5.75 Å². The smallest absolute Gasteiger partial charge is 0.251 e. The summed E-state index contributed by atoms with van der Waals surface area (Å²) in [4.78, 5) is 14.0. The molecule has 1 aliphatic rings. The zero-order chi connectivity index (χ0) is 13.0. The molecule has 0 aromatic heterocycles. The topological polar surface area (TPSA) is 41.6 Å². The maximum absolute atomic E-state index is 11.9. The van der Waals surface area contributed by atoms with Crippen LogP contribution < -0.4 is 10.1 Å². The summed E-state index contributed by atoms with van der Waals surface area (Å²) in [6.07, 6.45) is 1.86.